The first-order chi connectivity index (χ1) is 12.2. The van der Waals surface area contributed by atoms with Gasteiger partial charge in [0.05, 0.1) is 12.6 Å². The molecule has 26 heavy (non-hydrogen) atoms. The van der Waals surface area contributed by atoms with Crippen LogP contribution in [0.5, 0.6) is 0 Å². The van der Waals surface area contributed by atoms with Gasteiger partial charge < -0.3 is 10.2 Å². The summed E-state index contributed by atoms with van der Waals surface area (Å²) in [5.74, 6) is -0.200. The summed E-state index contributed by atoms with van der Waals surface area (Å²) in [5, 5.41) is 12.7. The van der Waals surface area contributed by atoms with Gasteiger partial charge in [-0.25, -0.2) is 0 Å². The number of amides is 2. The molecule has 6 nitrogen and oxygen atoms in total. The lowest BCUT2D eigenvalue weighted by molar-refractivity contribution is -0.124. The molecule has 0 spiro atoms. The van der Waals surface area contributed by atoms with Crippen LogP contribution < -0.4 is 5.32 Å². The zero-order valence-electron chi connectivity index (χ0n) is 15.5. The Hall–Kier alpha value is -2.10. The van der Waals surface area contributed by atoms with Crippen LogP contribution in [0.4, 0.5) is 0 Å². The fourth-order valence-corrected chi connectivity index (χ4v) is 2.94. The van der Waals surface area contributed by atoms with E-state index in [1.165, 1.54) is 0 Å². The van der Waals surface area contributed by atoms with Gasteiger partial charge in [-0.1, -0.05) is 31.5 Å². The van der Waals surface area contributed by atoms with E-state index >= 15 is 0 Å². The lowest BCUT2D eigenvalue weighted by Crippen LogP contribution is -2.55. The molecule has 1 aliphatic heterocycles. The molecule has 0 aromatic heterocycles. The monoisotopic (exact) mass is 376 g/mol. The lowest BCUT2D eigenvalue weighted by atomic mass is 9.90. The van der Waals surface area contributed by atoms with Crippen LogP contribution >= 0.6 is 11.6 Å². The Morgan fingerprint density at radius 3 is 2.50 bits per heavy atom. The molecule has 1 aromatic rings. The Morgan fingerprint density at radius 1 is 1.31 bits per heavy atom. The molecule has 1 aliphatic rings. The van der Waals surface area contributed by atoms with E-state index in [2.05, 4.69) is 11.4 Å². The summed E-state index contributed by atoms with van der Waals surface area (Å²) in [6.45, 7) is 8.11. The first-order valence-corrected chi connectivity index (χ1v) is 9.12. The molecule has 1 saturated heterocycles. The third kappa shape index (κ3) is 4.96. The van der Waals surface area contributed by atoms with Crippen molar-refractivity contribution in [1.82, 2.24) is 15.1 Å². The zero-order valence-corrected chi connectivity index (χ0v) is 16.2. The maximum atomic E-state index is 12.5. The van der Waals surface area contributed by atoms with Crippen molar-refractivity contribution < 1.29 is 9.59 Å². The number of halogens is 1. The van der Waals surface area contributed by atoms with E-state index in [9.17, 15) is 14.9 Å². The number of nitriles is 1. The summed E-state index contributed by atoms with van der Waals surface area (Å²) in [7, 11) is 0. The van der Waals surface area contributed by atoms with Crippen molar-refractivity contribution in [2.24, 2.45) is 5.92 Å². The number of nitrogens with zero attached hydrogens (tertiary/aromatic N) is 3. The van der Waals surface area contributed by atoms with Crippen molar-refractivity contribution in [3.63, 3.8) is 0 Å². The molecule has 1 heterocycles. The van der Waals surface area contributed by atoms with E-state index in [1.54, 1.807) is 36.1 Å². The quantitative estimate of drug-likeness (QED) is 0.854. The summed E-state index contributed by atoms with van der Waals surface area (Å²) in [6, 6.07) is 9.09. The Balaban J connectivity index is 1.86. The fourth-order valence-electron chi connectivity index (χ4n) is 2.75. The Morgan fingerprint density at radius 2 is 1.96 bits per heavy atom. The first kappa shape index (κ1) is 20.2. The Labute approximate surface area is 159 Å². The van der Waals surface area contributed by atoms with Crippen molar-refractivity contribution >= 4 is 23.4 Å². The van der Waals surface area contributed by atoms with E-state index in [4.69, 9.17) is 11.6 Å². The van der Waals surface area contributed by atoms with E-state index < -0.39 is 5.54 Å². The highest BCUT2D eigenvalue weighted by Crippen LogP contribution is 2.16. The van der Waals surface area contributed by atoms with E-state index in [-0.39, 0.29) is 24.3 Å². The molecule has 0 bridgehead atoms. The number of benzene rings is 1. The smallest absolute Gasteiger partial charge is 0.253 e. The molecule has 1 N–H and O–H groups in total. The lowest BCUT2D eigenvalue weighted by Gasteiger charge is -2.35. The van der Waals surface area contributed by atoms with E-state index in [0.717, 1.165) is 0 Å². The normalized spacial score (nSPS) is 17.5. The van der Waals surface area contributed by atoms with E-state index in [0.29, 0.717) is 36.8 Å². The van der Waals surface area contributed by atoms with Gasteiger partial charge in [0, 0.05) is 36.8 Å². The minimum absolute atomic E-state index is 0.0172. The SMILES string of the molecule is CC(C)C(C)(C#N)NC(=O)CN1CCN(C(=O)c2cccc(Cl)c2)CC1. The highest BCUT2D eigenvalue weighted by molar-refractivity contribution is 6.30. The van der Waals surface area contributed by atoms with Gasteiger partial charge in [0.1, 0.15) is 5.54 Å². The molecule has 0 saturated carbocycles. The maximum Gasteiger partial charge on any atom is 0.253 e. The molecule has 1 atom stereocenters. The van der Waals surface area contributed by atoms with Crippen molar-refractivity contribution in [2.75, 3.05) is 32.7 Å². The van der Waals surface area contributed by atoms with Gasteiger partial charge in [-0.15, -0.1) is 0 Å². The number of rotatable bonds is 5. The molecule has 2 rings (SSSR count). The second-order valence-corrected chi connectivity index (χ2v) is 7.53. The topological polar surface area (TPSA) is 76.4 Å². The molecule has 0 radical (unpaired) electrons. The van der Waals surface area contributed by atoms with Crippen LogP contribution in [0.2, 0.25) is 5.02 Å². The van der Waals surface area contributed by atoms with Gasteiger partial charge >= 0.3 is 0 Å². The average Bonchev–Trinajstić information content (AvgIpc) is 2.61. The van der Waals surface area contributed by atoms with Gasteiger partial charge in [-0.05, 0) is 31.0 Å². The second-order valence-electron chi connectivity index (χ2n) is 7.10. The summed E-state index contributed by atoms with van der Waals surface area (Å²) in [5.41, 5.74) is -0.299. The number of hydrogen-bond donors (Lipinski definition) is 1. The predicted molar refractivity (Wildman–Crippen MR) is 101 cm³/mol. The van der Waals surface area contributed by atoms with Crippen molar-refractivity contribution in [3.05, 3.63) is 34.9 Å². The molecular formula is C19H25ClN4O2. The predicted octanol–water partition coefficient (Wildman–Crippen LogP) is 2.15. The highest BCUT2D eigenvalue weighted by atomic mass is 35.5. The van der Waals surface area contributed by atoms with Crippen molar-refractivity contribution in [3.8, 4) is 6.07 Å². The van der Waals surface area contributed by atoms with Crippen LogP contribution in [0, 0.1) is 17.2 Å². The zero-order chi connectivity index (χ0) is 19.3. The number of carbonyl (C=O) groups excluding carboxylic acids is 2. The number of piperazine rings is 1. The van der Waals surface area contributed by atoms with Crippen LogP contribution in [-0.4, -0.2) is 59.9 Å². The minimum atomic E-state index is -0.874. The molecule has 1 aromatic carbocycles. The largest absolute Gasteiger partial charge is 0.337 e. The first-order valence-electron chi connectivity index (χ1n) is 8.74. The molecular weight excluding hydrogens is 352 g/mol. The molecule has 1 fully saturated rings. The van der Waals surface area contributed by atoms with Gasteiger partial charge in [0.25, 0.3) is 5.91 Å². The molecule has 1 unspecified atom stereocenters. The van der Waals surface area contributed by atoms with E-state index in [1.807, 2.05) is 18.7 Å². The van der Waals surface area contributed by atoms with Crippen molar-refractivity contribution in [2.45, 2.75) is 26.3 Å². The average molecular weight is 377 g/mol. The summed E-state index contributed by atoms with van der Waals surface area (Å²) in [4.78, 5) is 28.5. The van der Waals surface area contributed by atoms with Crippen LogP contribution in [-0.2, 0) is 4.79 Å². The summed E-state index contributed by atoms with van der Waals surface area (Å²) >= 11 is 5.95. The number of carbonyl (C=O) groups is 2. The Bertz CT molecular complexity index is 708. The van der Waals surface area contributed by atoms with Crippen LogP contribution in [0.1, 0.15) is 31.1 Å². The Kier molecular flexibility index (Phi) is 6.63. The van der Waals surface area contributed by atoms with Crippen LogP contribution in [0.15, 0.2) is 24.3 Å². The number of hydrogen-bond acceptors (Lipinski definition) is 4. The molecule has 140 valence electrons. The fraction of sp³-hybridized carbons (Fsp3) is 0.526. The van der Waals surface area contributed by atoms with Crippen LogP contribution in [0.25, 0.3) is 0 Å². The summed E-state index contributed by atoms with van der Waals surface area (Å²) in [6.07, 6.45) is 0. The van der Waals surface area contributed by atoms with Crippen LogP contribution in [0.3, 0.4) is 0 Å². The molecule has 2 amide bonds. The van der Waals surface area contributed by atoms with Gasteiger partial charge in [-0.2, -0.15) is 5.26 Å². The van der Waals surface area contributed by atoms with Gasteiger partial charge in [0.2, 0.25) is 5.91 Å². The summed E-state index contributed by atoms with van der Waals surface area (Å²) < 4.78 is 0. The third-order valence-corrected chi connectivity index (χ3v) is 5.12. The standard InChI is InChI=1S/C19H25ClN4O2/c1-14(2)19(3,13-21)22-17(25)12-23-7-9-24(10-8-23)18(26)15-5-4-6-16(20)11-15/h4-6,11,14H,7-10,12H2,1-3H3,(H,22,25). The number of nitrogens with one attached hydrogen (secondary N) is 1. The van der Waals surface area contributed by atoms with Gasteiger partial charge in [0.15, 0.2) is 0 Å². The molecule has 7 heteroatoms. The minimum Gasteiger partial charge on any atom is -0.337 e. The third-order valence-electron chi connectivity index (χ3n) is 4.88. The van der Waals surface area contributed by atoms with Crippen molar-refractivity contribution in [1.29, 1.82) is 5.26 Å². The maximum absolute atomic E-state index is 12.5. The molecule has 0 aliphatic carbocycles. The van der Waals surface area contributed by atoms with Gasteiger partial charge in [-0.3, -0.25) is 14.5 Å². The second kappa shape index (κ2) is 8.52. The highest BCUT2D eigenvalue weighted by Gasteiger charge is 2.31.